The Balaban J connectivity index is 1.09. The second-order valence-electron chi connectivity index (χ2n) is 21.1. The van der Waals surface area contributed by atoms with E-state index in [-0.39, 0.29) is 88.8 Å². The van der Waals surface area contributed by atoms with Gasteiger partial charge in [0, 0.05) is 42.5 Å². The minimum absolute atomic E-state index is 0.000449. The number of hydrogen-bond donors (Lipinski definition) is 6. The number of amides is 5. The molecule has 6 N–H and O–H groups in total. The third-order valence-corrected chi connectivity index (χ3v) is 15.9. The van der Waals surface area contributed by atoms with Gasteiger partial charge in [0.15, 0.2) is 5.78 Å². The molecule has 0 radical (unpaired) electrons. The molecular formula is C55H81N7O7. The van der Waals surface area contributed by atoms with Crippen LogP contribution in [0.5, 0.6) is 0 Å². The number of Topliss-reactive ketones (excluding diaryl/α,β-unsaturated/α-hetero) is 2. The predicted molar refractivity (Wildman–Crippen MR) is 269 cm³/mol. The van der Waals surface area contributed by atoms with Crippen molar-refractivity contribution < 1.29 is 33.6 Å². The van der Waals surface area contributed by atoms with Gasteiger partial charge in [-0.25, -0.2) is 0 Å². The number of nitrogens with one attached hydrogen (secondary N) is 6. The monoisotopic (exact) mass is 952 g/mol. The smallest absolute Gasteiger partial charge is 0.255 e. The van der Waals surface area contributed by atoms with Crippen molar-refractivity contribution in [2.24, 2.45) is 29.6 Å². The summed E-state index contributed by atoms with van der Waals surface area (Å²) in [7, 11) is 3.47. The molecule has 2 fully saturated rings. The van der Waals surface area contributed by atoms with E-state index in [0.717, 1.165) is 86.5 Å². The second kappa shape index (κ2) is 24.7. The summed E-state index contributed by atoms with van der Waals surface area (Å²) in [5.74, 6) is -1.09. The molecular weight excluding hydrogens is 871 g/mol. The second-order valence-corrected chi connectivity index (χ2v) is 21.1. The Kier molecular flexibility index (Phi) is 19.2. The molecule has 14 heteroatoms. The number of nitrogens with zero attached hydrogens (tertiary/aromatic N) is 1. The van der Waals surface area contributed by atoms with Crippen molar-refractivity contribution in [2.45, 2.75) is 181 Å². The molecule has 9 atom stereocenters. The molecule has 1 saturated heterocycles. The van der Waals surface area contributed by atoms with Gasteiger partial charge in [-0.15, -0.1) is 0 Å². The first-order chi connectivity index (χ1) is 33.0. The van der Waals surface area contributed by atoms with Gasteiger partial charge >= 0.3 is 0 Å². The van der Waals surface area contributed by atoms with Crippen LogP contribution in [0, 0.1) is 29.6 Å². The number of carbonyl (C=O) groups excluding carboxylic acids is 7. The maximum absolute atomic E-state index is 14.3. The Labute approximate surface area is 410 Å². The summed E-state index contributed by atoms with van der Waals surface area (Å²) in [4.78, 5) is 97.0. The molecule has 378 valence electrons. The van der Waals surface area contributed by atoms with Gasteiger partial charge in [-0.1, -0.05) is 64.8 Å². The average molecular weight is 952 g/mol. The Morgan fingerprint density at radius 1 is 0.652 bits per heavy atom. The standard InChI is InChI=1S/C55H81N7O7/c1-32(2)37(28-30-48(63)34(5)56-7)55(69)62-31-15-26-47(62)54(68)60-46-25-14-20-41-42(46)21-13-24-45(41)59-53(67)43-22-11-19-40-39(43)18-12-23-44(40)58-52(66)38-17-10-9-16-36(38)27-29-49(64)50(33(3)4)61-51(65)35(6)57-8/h11,13,19,21-22,24,32-38,44,46-47,50,56-57H,9-10,12,14-18,20,23,25-31H2,1-8H3,(H,58,66)(H,59,67)(H,60,68)(H,61,65)/t34-,35-,36?,37-,38+,44+,46+,47-,50-/m0/s1. The zero-order valence-electron chi connectivity index (χ0n) is 42.6. The van der Waals surface area contributed by atoms with E-state index in [4.69, 9.17) is 0 Å². The van der Waals surface area contributed by atoms with E-state index in [1.165, 1.54) is 0 Å². The molecule has 14 nitrogen and oxygen atoms in total. The third kappa shape index (κ3) is 13.1. The normalized spacial score (nSPS) is 22.9. The highest BCUT2D eigenvalue weighted by atomic mass is 16.2. The van der Waals surface area contributed by atoms with Crippen molar-refractivity contribution in [3.8, 4) is 0 Å². The van der Waals surface area contributed by atoms with E-state index in [1.807, 2.05) is 71.0 Å². The van der Waals surface area contributed by atoms with Gasteiger partial charge in [-0.3, -0.25) is 33.6 Å². The first kappa shape index (κ1) is 53.4. The number of likely N-dealkylation sites (N-methyl/N-ethyl adjacent to an activating group) is 2. The highest BCUT2D eigenvalue weighted by Crippen LogP contribution is 2.39. The van der Waals surface area contributed by atoms with Gasteiger partial charge in [0.05, 0.1) is 30.2 Å². The van der Waals surface area contributed by atoms with Crippen LogP contribution in [0.25, 0.3) is 0 Å². The minimum Gasteiger partial charge on any atom is -0.349 e. The van der Waals surface area contributed by atoms with E-state index in [1.54, 1.807) is 25.9 Å². The molecule has 2 aromatic rings. The van der Waals surface area contributed by atoms with Crippen molar-refractivity contribution in [3.63, 3.8) is 0 Å². The van der Waals surface area contributed by atoms with Gasteiger partial charge in [-0.05, 0) is 157 Å². The van der Waals surface area contributed by atoms with Crippen LogP contribution < -0.4 is 31.9 Å². The summed E-state index contributed by atoms with van der Waals surface area (Å²) in [6.07, 6.45) is 11.2. The molecule has 1 heterocycles. The van der Waals surface area contributed by atoms with Crippen molar-refractivity contribution in [2.75, 3.05) is 26.0 Å². The highest BCUT2D eigenvalue weighted by molar-refractivity contribution is 6.06. The molecule has 1 aliphatic heterocycles. The fraction of sp³-hybridized carbons (Fsp3) is 0.655. The summed E-state index contributed by atoms with van der Waals surface area (Å²) in [6.45, 7) is 12.0. The Morgan fingerprint density at radius 3 is 1.96 bits per heavy atom. The number of anilines is 1. The maximum atomic E-state index is 14.3. The van der Waals surface area contributed by atoms with Crippen molar-refractivity contribution in [3.05, 3.63) is 64.2 Å². The molecule has 0 aromatic heterocycles. The van der Waals surface area contributed by atoms with Crippen molar-refractivity contribution in [1.82, 2.24) is 31.5 Å². The first-order valence-corrected chi connectivity index (χ1v) is 26.2. The summed E-state index contributed by atoms with van der Waals surface area (Å²) in [5.41, 5.74) is 5.16. The fourth-order valence-electron chi connectivity index (χ4n) is 11.4. The topological polar surface area (TPSA) is 195 Å². The summed E-state index contributed by atoms with van der Waals surface area (Å²) in [6, 6.07) is 9.29. The average Bonchev–Trinajstić information content (AvgIpc) is 3.85. The van der Waals surface area contributed by atoms with E-state index in [9.17, 15) is 33.6 Å². The summed E-state index contributed by atoms with van der Waals surface area (Å²) < 4.78 is 0. The molecule has 5 amide bonds. The van der Waals surface area contributed by atoms with Crippen molar-refractivity contribution >= 4 is 46.8 Å². The molecule has 2 aromatic carbocycles. The molecule has 0 bridgehead atoms. The number of benzene rings is 2. The van der Waals surface area contributed by atoms with Crippen LogP contribution in [0.1, 0.15) is 176 Å². The lowest BCUT2D eigenvalue weighted by Gasteiger charge is -2.34. The highest BCUT2D eigenvalue weighted by Gasteiger charge is 2.40. The Bertz CT molecular complexity index is 2170. The lowest BCUT2D eigenvalue weighted by molar-refractivity contribution is -0.143. The number of likely N-dealkylation sites (tertiary alicyclic amines) is 1. The molecule has 0 spiro atoms. The molecule has 69 heavy (non-hydrogen) atoms. The number of fused-ring (bicyclic) bond motifs is 2. The molecule has 6 rings (SSSR count). The van der Waals surface area contributed by atoms with Crippen LogP contribution in [-0.4, -0.2) is 90.8 Å². The molecule has 1 unspecified atom stereocenters. The van der Waals surface area contributed by atoms with Crippen LogP contribution in [0.3, 0.4) is 0 Å². The van der Waals surface area contributed by atoms with Gasteiger partial charge in [-0.2, -0.15) is 0 Å². The fourth-order valence-corrected chi connectivity index (χ4v) is 11.4. The lowest BCUT2D eigenvalue weighted by atomic mass is 9.75. The number of ketones is 2. The van der Waals surface area contributed by atoms with Crippen LogP contribution in [-0.2, 0) is 41.6 Å². The van der Waals surface area contributed by atoms with Crippen LogP contribution in [0.4, 0.5) is 5.69 Å². The summed E-state index contributed by atoms with van der Waals surface area (Å²) >= 11 is 0. The van der Waals surface area contributed by atoms with Gasteiger partial charge in [0.2, 0.25) is 23.6 Å². The zero-order chi connectivity index (χ0) is 49.9. The Morgan fingerprint density at radius 2 is 1.29 bits per heavy atom. The maximum Gasteiger partial charge on any atom is 0.255 e. The van der Waals surface area contributed by atoms with Crippen LogP contribution >= 0.6 is 0 Å². The number of hydrogen-bond acceptors (Lipinski definition) is 9. The minimum atomic E-state index is -0.578. The van der Waals surface area contributed by atoms with E-state index in [0.29, 0.717) is 56.3 Å². The third-order valence-electron chi connectivity index (χ3n) is 15.9. The SMILES string of the molecule is CN[C@@H](C)C(=O)CC[C@H](C(=O)N1CCC[C@H]1C(=O)N[C@@H]1CCCc2c(NC(=O)c3cccc4c3CCC[C@H]4NC(=O)[C@@H]3CCCCC3CCC(=O)[C@@H](NC(=O)[C@H](C)NC)C(C)C)cccc21)C(C)C. The van der Waals surface area contributed by atoms with Crippen molar-refractivity contribution in [1.29, 1.82) is 0 Å². The van der Waals surface area contributed by atoms with Crippen LogP contribution in [0.15, 0.2) is 36.4 Å². The van der Waals surface area contributed by atoms with E-state index >= 15 is 0 Å². The molecule has 4 aliphatic rings. The summed E-state index contributed by atoms with van der Waals surface area (Å²) in [5, 5.41) is 18.8. The van der Waals surface area contributed by atoms with E-state index in [2.05, 4.69) is 31.9 Å². The first-order valence-electron chi connectivity index (χ1n) is 26.2. The van der Waals surface area contributed by atoms with Gasteiger partial charge < -0.3 is 36.8 Å². The molecule has 3 aliphatic carbocycles. The van der Waals surface area contributed by atoms with E-state index < -0.39 is 18.1 Å². The zero-order valence-corrected chi connectivity index (χ0v) is 42.6. The van der Waals surface area contributed by atoms with Gasteiger partial charge in [0.1, 0.15) is 11.8 Å². The predicted octanol–water partition coefficient (Wildman–Crippen LogP) is 7.05. The molecule has 1 saturated carbocycles. The quantitative estimate of drug-likeness (QED) is 0.0761. The number of rotatable bonds is 21. The Hall–Kier alpha value is -4.95. The van der Waals surface area contributed by atoms with Crippen LogP contribution in [0.2, 0.25) is 0 Å². The van der Waals surface area contributed by atoms with Gasteiger partial charge in [0.25, 0.3) is 5.91 Å². The number of carbonyl (C=O) groups is 7. The largest absolute Gasteiger partial charge is 0.349 e. The lowest BCUT2D eigenvalue weighted by Crippen LogP contribution is -2.50.